The third-order valence-electron chi connectivity index (χ3n) is 1.25. The number of hydrogen-bond acceptors (Lipinski definition) is 2. The molecule has 1 heterocycles. The predicted molar refractivity (Wildman–Crippen MR) is 55.5 cm³/mol. The summed E-state index contributed by atoms with van der Waals surface area (Å²) >= 11 is 1.65. The molecule has 0 atom stereocenters. The largest absolute Gasteiger partial charge is 0.369 e. The van der Waals surface area contributed by atoms with Crippen molar-refractivity contribution in [1.29, 1.82) is 0 Å². The molecular formula is C9H12N2S. The van der Waals surface area contributed by atoms with E-state index >= 15 is 0 Å². The van der Waals surface area contributed by atoms with Gasteiger partial charge in [0.2, 0.25) is 0 Å². The van der Waals surface area contributed by atoms with E-state index in [2.05, 4.69) is 11.6 Å². The van der Waals surface area contributed by atoms with E-state index in [1.54, 1.807) is 17.7 Å². The lowest BCUT2D eigenvalue weighted by Crippen LogP contribution is -2.07. The Morgan fingerprint density at radius 2 is 2.42 bits per heavy atom. The second-order valence-corrected chi connectivity index (χ2v) is 3.58. The van der Waals surface area contributed by atoms with E-state index in [-0.39, 0.29) is 0 Å². The topological polar surface area (TPSA) is 15.6 Å². The molecule has 0 unspecified atom stereocenters. The van der Waals surface area contributed by atoms with Gasteiger partial charge in [-0.05, 0) is 11.4 Å². The van der Waals surface area contributed by atoms with E-state index < -0.39 is 0 Å². The molecule has 0 aliphatic heterocycles. The summed E-state index contributed by atoms with van der Waals surface area (Å²) in [5, 5.41) is 2.02. The Kier molecular flexibility index (Phi) is 3.05. The molecule has 0 spiro atoms. The molecule has 0 N–H and O–H groups in total. The summed E-state index contributed by atoms with van der Waals surface area (Å²) in [7, 11) is 3.87. The molecule has 0 fully saturated rings. The van der Waals surface area contributed by atoms with Gasteiger partial charge < -0.3 is 4.90 Å². The first-order valence-corrected chi connectivity index (χ1v) is 4.51. The average Bonchev–Trinajstić information content (AvgIpc) is 2.51. The Labute approximate surface area is 76.9 Å². The molecule has 0 amide bonds. The highest BCUT2D eigenvalue weighted by molar-refractivity contribution is 7.11. The molecule has 0 saturated heterocycles. The minimum absolute atomic E-state index is 0.818. The van der Waals surface area contributed by atoms with Crippen molar-refractivity contribution in [1.82, 2.24) is 4.90 Å². The van der Waals surface area contributed by atoms with Crippen molar-refractivity contribution in [2.75, 3.05) is 14.1 Å². The van der Waals surface area contributed by atoms with Crippen LogP contribution in [0.2, 0.25) is 0 Å². The van der Waals surface area contributed by atoms with Gasteiger partial charge in [-0.3, -0.25) is 0 Å². The van der Waals surface area contributed by atoms with Gasteiger partial charge in [-0.2, -0.15) is 0 Å². The molecule has 12 heavy (non-hydrogen) atoms. The maximum Gasteiger partial charge on any atom is 0.0907 e. The van der Waals surface area contributed by atoms with Crippen molar-refractivity contribution in [2.45, 2.75) is 0 Å². The lowest BCUT2D eigenvalue weighted by Gasteiger charge is -2.02. The number of aliphatic imine (C=N–C) groups is 1. The second-order valence-electron chi connectivity index (χ2n) is 2.63. The Balaban J connectivity index is 2.62. The molecule has 0 aliphatic carbocycles. The van der Waals surface area contributed by atoms with Gasteiger partial charge in [0, 0.05) is 14.1 Å². The molecular weight excluding hydrogens is 168 g/mol. The van der Waals surface area contributed by atoms with Gasteiger partial charge in [0.1, 0.15) is 0 Å². The zero-order valence-electron chi connectivity index (χ0n) is 7.32. The van der Waals surface area contributed by atoms with Gasteiger partial charge in [0.05, 0.1) is 16.9 Å². The van der Waals surface area contributed by atoms with E-state index in [1.807, 2.05) is 36.5 Å². The van der Waals surface area contributed by atoms with Crippen LogP contribution in [0.4, 0.5) is 0 Å². The average molecular weight is 180 g/mol. The second kappa shape index (κ2) is 4.07. The highest BCUT2D eigenvalue weighted by Crippen LogP contribution is 2.18. The Bertz CT molecular complexity index is 273. The Morgan fingerprint density at radius 1 is 1.67 bits per heavy atom. The van der Waals surface area contributed by atoms with Crippen LogP contribution >= 0.6 is 11.3 Å². The number of nitrogens with zero attached hydrogens (tertiary/aromatic N) is 2. The molecule has 2 nitrogen and oxygen atoms in total. The molecule has 0 aliphatic rings. The van der Waals surface area contributed by atoms with Crippen molar-refractivity contribution in [3.63, 3.8) is 0 Å². The summed E-state index contributed by atoms with van der Waals surface area (Å²) in [6.45, 7) is 3.85. The van der Waals surface area contributed by atoms with E-state index in [9.17, 15) is 0 Å². The van der Waals surface area contributed by atoms with Gasteiger partial charge >= 0.3 is 0 Å². The first kappa shape index (κ1) is 9.00. The highest BCUT2D eigenvalue weighted by atomic mass is 32.1. The Morgan fingerprint density at radius 3 is 2.92 bits per heavy atom. The van der Waals surface area contributed by atoms with Crippen molar-refractivity contribution >= 4 is 23.4 Å². The van der Waals surface area contributed by atoms with E-state index in [0.717, 1.165) is 10.6 Å². The molecule has 0 saturated carbocycles. The molecule has 0 bridgehead atoms. The summed E-state index contributed by atoms with van der Waals surface area (Å²) in [4.78, 5) is 7.19. The van der Waals surface area contributed by atoms with Crippen LogP contribution in [-0.2, 0) is 0 Å². The van der Waals surface area contributed by atoms with Crippen LogP contribution in [0.25, 0.3) is 5.70 Å². The predicted octanol–water partition coefficient (Wildman–Crippen LogP) is 2.31. The summed E-state index contributed by atoms with van der Waals surface area (Å²) in [6.07, 6.45) is 1.75. The monoisotopic (exact) mass is 180 g/mol. The SMILES string of the molecule is C=C(/N=C/N(C)C)c1cccs1. The Hall–Kier alpha value is -1.09. The first-order valence-electron chi connectivity index (χ1n) is 3.63. The minimum Gasteiger partial charge on any atom is -0.369 e. The van der Waals surface area contributed by atoms with E-state index in [0.29, 0.717) is 0 Å². The fourth-order valence-electron chi connectivity index (χ4n) is 0.692. The van der Waals surface area contributed by atoms with Crippen LogP contribution in [0.5, 0.6) is 0 Å². The lowest BCUT2D eigenvalue weighted by molar-refractivity contribution is 0.643. The first-order chi connectivity index (χ1) is 5.70. The fraction of sp³-hybridized carbons (Fsp3) is 0.222. The number of thiophene rings is 1. The van der Waals surface area contributed by atoms with E-state index in [4.69, 9.17) is 0 Å². The van der Waals surface area contributed by atoms with Crippen LogP contribution in [-0.4, -0.2) is 25.3 Å². The summed E-state index contributed by atoms with van der Waals surface area (Å²) < 4.78 is 0. The van der Waals surface area contributed by atoms with Gasteiger partial charge in [0.15, 0.2) is 0 Å². The molecule has 1 aromatic rings. The van der Waals surface area contributed by atoms with Gasteiger partial charge in [-0.15, -0.1) is 11.3 Å². The van der Waals surface area contributed by atoms with Crippen molar-refractivity contribution in [3.8, 4) is 0 Å². The van der Waals surface area contributed by atoms with Gasteiger partial charge in [-0.1, -0.05) is 12.6 Å². The number of rotatable bonds is 3. The third-order valence-corrected chi connectivity index (χ3v) is 2.17. The summed E-state index contributed by atoms with van der Waals surface area (Å²) in [6, 6.07) is 4.01. The minimum atomic E-state index is 0.818. The highest BCUT2D eigenvalue weighted by Gasteiger charge is 1.95. The number of hydrogen-bond donors (Lipinski definition) is 0. The summed E-state index contributed by atoms with van der Waals surface area (Å²) in [5.74, 6) is 0. The van der Waals surface area contributed by atoms with Crippen LogP contribution in [0, 0.1) is 0 Å². The van der Waals surface area contributed by atoms with Crippen molar-refractivity contribution in [2.24, 2.45) is 4.99 Å². The molecule has 64 valence electrons. The normalized spacial score (nSPS) is 10.5. The smallest absolute Gasteiger partial charge is 0.0907 e. The molecule has 0 radical (unpaired) electrons. The van der Waals surface area contributed by atoms with Crippen LogP contribution < -0.4 is 0 Å². The maximum absolute atomic E-state index is 4.18. The van der Waals surface area contributed by atoms with Crippen molar-refractivity contribution in [3.05, 3.63) is 29.0 Å². The van der Waals surface area contributed by atoms with Crippen LogP contribution in [0.3, 0.4) is 0 Å². The molecule has 0 aromatic carbocycles. The summed E-state index contributed by atoms with van der Waals surface area (Å²) in [5.41, 5.74) is 0.818. The zero-order valence-corrected chi connectivity index (χ0v) is 8.14. The third kappa shape index (κ3) is 2.51. The molecule has 1 rings (SSSR count). The van der Waals surface area contributed by atoms with E-state index in [1.165, 1.54) is 0 Å². The zero-order chi connectivity index (χ0) is 8.97. The molecule has 1 aromatic heterocycles. The standard InChI is InChI=1S/C9H12N2S/c1-8(10-7-11(2)3)9-5-4-6-12-9/h4-7H,1H2,2-3H3/b10-7+. The van der Waals surface area contributed by atoms with Gasteiger partial charge in [0.25, 0.3) is 0 Å². The quantitative estimate of drug-likeness (QED) is 0.515. The lowest BCUT2D eigenvalue weighted by atomic mass is 10.4. The van der Waals surface area contributed by atoms with Gasteiger partial charge in [-0.25, -0.2) is 4.99 Å². The van der Waals surface area contributed by atoms with Crippen LogP contribution in [0.15, 0.2) is 29.1 Å². The van der Waals surface area contributed by atoms with Crippen LogP contribution in [0.1, 0.15) is 4.88 Å². The maximum atomic E-state index is 4.18. The van der Waals surface area contributed by atoms with Crippen molar-refractivity contribution < 1.29 is 0 Å². The molecule has 3 heteroatoms. The fourth-order valence-corrected chi connectivity index (χ4v) is 1.34.